The molecule has 0 spiro atoms. The normalized spacial score (nSPS) is 17.3. The van der Waals surface area contributed by atoms with Crippen molar-refractivity contribution in [2.45, 2.75) is 16.5 Å². The molecule has 0 radical (unpaired) electrons. The largest absolute Gasteiger partial charge is 0.395 e. The van der Waals surface area contributed by atoms with Gasteiger partial charge in [-0.1, -0.05) is 60.7 Å². The van der Waals surface area contributed by atoms with Gasteiger partial charge < -0.3 is 4.57 Å². The highest BCUT2D eigenvalue weighted by molar-refractivity contribution is 14.1. The van der Waals surface area contributed by atoms with Gasteiger partial charge in [-0.25, -0.2) is 0 Å². The number of hydrogen-bond donors (Lipinski definition) is 0. The average Bonchev–Trinajstić information content (AvgIpc) is 3.12. The van der Waals surface area contributed by atoms with Crippen molar-refractivity contribution in [1.82, 2.24) is 4.57 Å². The Labute approximate surface area is 200 Å². The lowest BCUT2D eigenvalue weighted by molar-refractivity contribution is -0.160. The van der Waals surface area contributed by atoms with Gasteiger partial charge in [0.1, 0.15) is 0 Å². The number of allylic oxidation sites excluding steroid dienone is 4. The first-order chi connectivity index (χ1) is 15.6. The van der Waals surface area contributed by atoms with E-state index in [1.165, 1.54) is 0 Å². The number of aromatic nitrogens is 1. The van der Waals surface area contributed by atoms with E-state index in [0.717, 1.165) is 62.2 Å². The quantitative estimate of drug-likeness (QED) is 0.133. The molecule has 1 aliphatic rings. The standard InChI is InChI=1S/C26H17F5IN/c27-25(28,29)17-11-14-22(26(30,31)32)21(15-17)16-9-12-18(13-10-16)33-23-7-3-1-5-19(23)20-6-2-4-8-24(20)33/h1-10,12-15,17H,11H2. The molecule has 0 saturated heterocycles. The highest BCUT2D eigenvalue weighted by atomic mass is 127. The third kappa shape index (κ3) is 3.96. The molecule has 33 heavy (non-hydrogen) atoms. The molecule has 4 aromatic rings. The molecule has 1 nitrogen and oxygen atoms in total. The van der Waals surface area contributed by atoms with Crippen LogP contribution in [0, 0.1) is 5.92 Å². The molecule has 0 saturated carbocycles. The lowest BCUT2D eigenvalue weighted by Gasteiger charge is -2.26. The monoisotopic (exact) mass is 565 g/mol. The van der Waals surface area contributed by atoms with Crippen LogP contribution in [-0.2, 0) is 0 Å². The molecule has 7 heteroatoms. The van der Waals surface area contributed by atoms with E-state index in [4.69, 9.17) is 0 Å². The van der Waals surface area contributed by atoms with Crippen molar-refractivity contribution in [2.75, 3.05) is 0 Å². The minimum atomic E-state index is -4.49. The van der Waals surface area contributed by atoms with Gasteiger partial charge in [0.05, 0.1) is 17.0 Å². The molecule has 0 amide bonds. The number of alkyl halides is 6. The summed E-state index contributed by atoms with van der Waals surface area (Å²) in [5.74, 6) is -1.79. The van der Waals surface area contributed by atoms with Crippen LogP contribution < -0.4 is 0 Å². The molecule has 0 fully saturated rings. The first-order valence-corrected chi connectivity index (χ1v) is 11.4. The fourth-order valence-electron chi connectivity index (χ4n) is 4.45. The zero-order valence-electron chi connectivity index (χ0n) is 17.1. The fraction of sp³-hybridized carbons (Fsp3) is 0.154. The van der Waals surface area contributed by atoms with Gasteiger partial charge in [-0.2, -0.15) is 22.0 Å². The lowest BCUT2D eigenvalue weighted by Crippen LogP contribution is -2.25. The van der Waals surface area contributed by atoms with Crippen LogP contribution >= 0.6 is 22.6 Å². The number of fused-ring (bicyclic) bond motifs is 3. The zero-order valence-corrected chi connectivity index (χ0v) is 19.2. The number of benzene rings is 3. The Kier molecular flexibility index (Phi) is 5.34. The number of halogens is 6. The summed E-state index contributed by atoms with van der Waals surface area (Å²) in [5, 5.41) is 2.16. The maximum absolute atomic E-state index is 14.2. The SMILES string of the molecule is FC(F)(I)C1=CCC(C(F)(F)F)C=C1c1ccc(-n2c3ccccc3c3ccccc32)cc1. The number of rotatable bonds is 3. The Hall–Kier alpha value is -2.68. The fourth-order valence-corrected chi connectivity index (χ4v) is 4.96. The number of para-hydroxylation sites is 2. The van der Waals surface area contributed by atoms with Crippen LogP contribution in [0.5, 0.6) is 0 Å². The van der Waals surface area contributed by atoms with Gasteiger partial charge in [0.25, 0.3) is 0 Å². The summed E-state index contributed by atoms with van der Waals surface area (Å²) >= 11 is 0.972. The van der Waals surface area contributed by atoms with Crippen LogP contribution in [0.1, 0.15) is 12.0 Å². The van der Waals surface area contributed by atoms with Crippen LogP contribution in [-0.4, -0.2) is 14.7 Å². The highest BCUT2D eigenvalue weighted by Gasteiger charge is 2.42. The first kappa shape index (κ1) is 22.1. The Morgan fingerprint density at radius 3 is 1.82 bits per heavy atom. The molecule has 5 rings (SSSR count). The van der Waals surface area contributed by atoms with Crippen LogP contribution in [0.15, 0.2) is 90.5 Å². The number of nitrogens with zero attached hydrogens (tertiary/aromatic N) is 1. The van der Waals surface area contributed by atoms with Crippen molar-refractivity contribution in [3.8, 4) is 5.69 Å². The van der Waals surface area contributed by atoms with Crippen molar-refractivity contribution in [1.29, 1.82) is 0 Å². The summed E-state index contributed by atoms with van der Waals surface area (Å²) in [4.78, 5) is 0. The maximum Gasteiger partial charge on any atom is 0.395 e. The molecular formula is C26H17F5IN. The first-order valence-electron chi connectivity index (χ1n) is 10.3. The number of hydrogen-bond acceptors (Lipinski definition) is 0. The molecular weight excluding hydrogens is 548 g/mol. The average molecular weight is 565 g/mol. The van der Waals surface area contributed by atoms with Gasteiger partial charge in [0.15, 0.2) is 0 Å². The molecule has 168 valence electrons. The van der Waals surface area contributed by atoms with Gasteiger partial charge in [-0.3, -0.25) is 0 Å². The second-order valence-electron chi connectivity index (χ2n) is 8.00. The molecule has 1 unspecified atom stereocenters. The van der Waals surface area contributed by atoms with Gasteiger partial charge in [0, 0.05) is 44.6 Å². The van der Waals surface area contributed by atoms with Crippen molar-refractivity contribution in [3.63, 3.8) is 0 Å². The maximum atomic E-state index is 14.2. The van der Waals surface area contributed by atoms with Crippen molar-refractivity contribution < 1.29 is 22.0 Å². The van der Waals surface area contributed by atoms with Crippen molar-refractivity contribution in [2.24, 2.45) is 5.92 Å². The van der Waals surface area contributed by atoms with E-state index >= 15 is 0 Å². The van der Waals surface area contributed by atoms with E-state index in [0.29, 0.717) is 5.56 Å². The van der Waals surface area contributed by atoms with Crippen LogP contribution in [0.3, 0.4) is 0 Å². The topological polar surface area (TPSA) is 4.93 Å². The van der Waals surface area contributed by atoms with E-state index in [-0.39, 0.29) is 11.1 Å². The summed E-state index contributed by atoms with van der Waals surface area (Å²) in [5.41, 5.74) is 2.65. The molecule has 0 aliphatic heterocycles. The molecule has 0 N–H and O–H groups in total. The van der Waals surface area contributed by atoms with Crippen LogP contribution in [0.2, 0.25) is 0 Å². The lowest BCUT2D eigenvalue weighted by atomic mass is 9.86. The Bertz CT molecular complexity index is 1350. The third-order valence-electron chi connectivity index (χ3n) is 5.98. The highest BCUT2D eigenvalue weighted by Crippen LogP contribution is 2.46. The van der Waals surface area contributed by atoms with Crippen molar-refractivity contribution in [3.05, 3.63) is 96.1 Å². The predicted octanol–water partition coefficient (Wildman–Crippen LogP) is 8.70. The Morgan fingerprint density at radius 2 is 1.30 bits per heavy atom. The summed E-state index contributed by atoms with van der Waals surface area (Å²) in [6, 6.07) is 22.6. The molecule has 1 aromatic heterocycles. The van der Waals surface area contributed by atoms with Gasteiger partial charge in [0.2, 0.25) is 0 Å². The molecule has 3 aromatic carbocycles. The Balaban J connectivity index is 1.63. The van der Waals surface area contributed by atoms with E-state index < -0.39 is 22.4 Å². The second-order valence-corrected chi connectivity index (χ2v) is 9.35. The smallest absolute Gasteiger partial charge is 0.309 e. The second kappa shape index (κ2) is 7.97. The van der Waals surface area contributed by atoms with Gasteiger partial charge in [-0.15, -0.1) is 0 Å². The van der Waals surface area contributed by atoms with E-state index in [1.807, 2.05) is 48.5 Å². The summed E-state index contributed by atoms with van der Waals surface area (Å²) in [7, 11) is 0. The Morgan fingerprint density at radius 1 is 0.758 bits per heavy atom. The van der Waals surface area contributed by atoms with E-state index in [9.17, 15) is 22.0 Å². The van der Waals surface area contributed by atoms with Crippen LogP contribution in [0.4, 0.5) is 22.0 Å². The minimum Gasteiger partial charge on any atom is -0.309 e. The molecule has 1 heterocycles. The predicted molar refractivity (Wildman–Crippen MR) is 130 cm³/mol. The van der Waals surface area contributed by atoms with Gasteiger partial charge >= 0.3 is 10.1 Å². The summed E-state index contributed by atoms with van der Waals surface area (Å²) in [6.45, 7) is 0. The molecule has 0 bridgehead atoms. The molecule has 1 aliphatic carbocycles. The van der Waals surface area contributed by atoms with Gasteiger partial charge in [-0.05, 0) is 41.8 Å². The van der Waals surface area contributed by atoms with Crippen LogP contribution in [0.25, 0.3) is 33.1 Å². The van der Waals surface area contributed by atoms with E-state index in [1.54, 1.807) is 24.3 Å². The summed E-state index contributed by atoms with van der Waals surface area (Å²) < 4.78 is 67.2. The van der Waals surface area contributed by atoms with Crippen molar-refractivity contribution >= 4 is 50.0 Å². The minimum absolute atomic E-state index is 0.0725. The third-order valence-corrected chi connectivity index (χ3v) is 6.56. The molecule has 1 atom stereocenters. The van der Waals surface area contributed by atoms with E-state index in [2.05, 4.69) is 4.57 Å². The zero-order chi connectivity index (χ0) is 23.4. The summed E-state index contributed by atoms with van der Waals surface area (Å²) in [6.07, 6.45) is -3.03.